The molecule has 1 nitrogen and oxygen atoms in total. The minimum Gasteiger partial charge on any atom is -0.330 e. The summed E-state index contributed by atoms with van der Waals surface area (Å²) in [5.74, 6) is -1.05. The molecule has 0 bridgehead atoms. The molecule has 18 heavy (non-hydrogen) atoms. The van der Waals surface area contributed by atoms with E-state index in [0.717, 1.165) is 18.1 Å². The molecule has 2 rings (SSSR count). The summed E-state index contributed by atoms with van der Waals surface area (Å²) in [4.78, 5) is 0. The molecule has 2 aromatic carbocycles. The molecule has 2 aromatic rings. The molecule has 3 heteroatoms. The molecule has 0 saturated heterocycles. The van der Waals surface area contributed by atoms with Crippen molar-refractivity contribution < 1.29 is 8.78 Å². The third-order valence-electron chi connectivity index (χ3n) is 2.87. The molecule has 0 amide bonds. The van der Waals surface area contributed by atoms with Crippen LogP contribution >= 0.6 is 0 Å². The average molecular weight is 247 g/mol. The Hall–Kier alpha value is -1.74. The summed E-state index contributed by atoms with van der Waals surface area (Å²) in [5, 5.41) is 0. The van der Waals surface area contributed by atoms with Gasteiger partial charge < -0.3 is 5.73 Å². The Morgan fingerprint density at radius 2 is 1.56 bits per heavy atom. The van der Waals surface area contributed by atoms with E-state index in [0.29, 0.717) is 18.5 Å². The molecule has 0 aromatic heterocycles. The van der Waals surface area contributed by atoms with E-state index in [-0.39, 0.29) is 0 Å². The van der Waals surface area contributed by atoms with Gasteiger partial charge in [-0.2, -0.15) is 0 Å². The van der Waals surface area contributed by atoms with E-state index in [1.807, 2.05) is 24.3 Å². The molecule has 0 radical (unpaired) electrons. The summed E-state index contributed by atoms with van der Waals surface area (Å²) < 4.78 is 26.3. The fraction of sp³-hybridized carbons (Fsp3) is 0.200. The van der Waals surface area contributed by atoms with Gasteiger partial charge in [-0.25, -0.2) is 8.78 Å². The van der Waals surface area contributed by atoms with E-state index in [9.17, 15) is 8.78 Å². The topological polar surface area (TPSA) is 26.0 Å². The highest BCUT2D eigenvalue weighted by Gasteiger charge is 2.04. The molecule has 0 saturated carbocycles. The summed E-state index contributed by atoms with van der Waals surface area (Å²) in [7, 11) is 0. The summed E-state index contributed by atoms with van der Waals surface area (Å²) >= 11 is 0. The molecule has 0 fully saturated rings. The van der Waals surface area contributed by atoms with E-state index in [1.165, 1.54) is 17.7 Å². The molecular formula is C15H15F2N. The molecule has 0 unspecified atom stereocenters. The lowest BCUT2D eigenvalue weighted by atomic mass is 10.0. The normalized spacial score (nSPS) is 10.6. The fourth-order valence-electron chi connectivity index (χ4n) is 1.88. The zero-order valence-electron chi connectivity index (χ0n) is 10.00. The van der Waals surface area contributed by atoms with Crippen molar-refractivity contribution >= 4 is 0 Å². The van der Waals surface area contributed by atoms with Gasteiger partial charge in [0.05, 0.1) is 0 Å². The second-order valence-electron chi connectivity index (χ2n) is 4.27. The number of hydrogen-bond acceptors (Lipinski definition) is 1. The highest BCUT2D eigenvalue weighted by atomic mass is 19.1. The maximum atomic E-state index is 13.5. The molecular weight excluding hydrogens is 232 g/mol. The van der Waals surface area contributed by atoms with Crippen molar-refractivity contribution in [3.8, 4) is 0 Å². The van der Waals surface area contributed by atoms with Crippen LogP contribution in [0.25, 0.3) is 0 Å². The van der Waals surface area contributed by atoms with E-state index >= 15 is 0 Å². The minimum atomic E-state index is -0.547. The quantitative estimate of drug-likeness (QED) is 0.883. The van der Waals surface area contributed by atoms with Gasteiger partial charge in [-0.05, 0) is 35.7 Å². The van der Waals surface area contributed by atoms with Gasteiger partial charge in [0, 0.05) is 12.5 Å². The maximum Gasteiger partial charge on any atom is 0.129 e. The summed E-state index contributed by atoms with van der Waals surface area (Å²) in [6, 6.07) is 11.6. The van der Waals surface area contributed by atoms with E-state index in [1.54, 1.807) is 0 Å². The van der Waals surface area contributed by atoms with Crippen LogP contribution in [-0.2, 0) is 12.8 Å². The lowest BCUT2D eigenvalue weighted by molar-refractivity contribution is 0.574. The van der Waals surface area contributed by atoms with Crippen LogP contribution in [0, 0.1) is 11.6 Å². The molecule has 2 N–H and O–H groups in total. The highest BCUT2D eigenvalue weighted by Crippen LogP contribution is 2.15. The summed E-state index contributed by atoms with van der Waals surface area (Å²) in [6.45, 7) is 0.617. The Morgan fingerprint density at radius 1 is 0.889 bits per heavy atom. The van der Waals surface area contributed by atoms with Crippen LogP contribution in [0.2, 0.25) is 0 Å². The van der Waals surface area contributed by atoms with Crippen LogP contribution in [-0.4, -0.2) is 6.54 Å². The Kier molecular flexibility index (Phi) is 4.05. The summed E-state index contributed by atoms with van der Waals surface area (Å²) in [5.41, 5.74) is 8.14. The van der Waals surface area contributed by atoms with Crippen molar-refractivity contribution in [2.75, 3.05) is 6.54 Å². The fourth-order valence-corrected chi connectivity index (χ4v) is 1.88. The van der Waals surface area contributed by atoms with Gasteiger partial charge in [0.15, 0.2) is 0 Å². The van der Waals surface area contributed by atoms with Crippen molar-refractivity contribution in [1.29, 1.82) is 0 Å². The van der Waals surface area contributed by atoms with Crippen molar-refractivity contribution in [2.45, 2.75) is 12.8 Å². The number of nitrogens with two attached hydrogens (primary N) is 1. The number of hydrogen-bond donors (Lipinski definition) is 1. The average Bonchev–Trinajstić information content (AvgIpc) is 2.35. The minimum absolute atomic E-state index is 0.467. The maximum absolute atomic E-state index is 13.5. The lowest BCUT2D eigenvalue weighted by Gasteiger charge is -2.05. The summed E-state index contributed by atoms with van der Waals surface area (Å²) in [6.07, 6.45) is 1.31. The zero-order chi connectivity index (χ0) is 13.0. The van der Waals surface area contributed by atoms with Crippen LogP contribution in [0.3, 0.4) is 0 Å². The van der Waals surface area contributed by atoms with Crippen LogP contribution in [0.5, 0.6) is 0 Å². The molecule has 0 atom stereocenters. The van der Waals surface area contributed by atoms with Gasteiger partial charge in [-0.1, -0.05) is 30.3 Å². The SMILES string of the molecule is NCCc1ccc(Cc2ccc(F)cc2F)cc1. The Balaban J connectivity index is 2.13. The Morgan fingerprint density at radius 3 is 2.17 bits per heavy atom. The van der Waals surface area contributed by atoms with Crippen molar-refractivity contribution in [2.24, 2.45) is 5.73 Å². The third kappa shape index (κ3) is 3.14. The van der Waals surface area contributed by atoms with Gasteiger partial charge in [-0.15, -0.1) is 0 Å². The molecule has 0 aliphatic heterocycles. The van der Waals surface area contributed by atoms with Crippen molar-refractivity contribution in [3.05, 3.63) is 70.8 Å². The molecule has 0 spiro atoms. The first-order chi connectivity index (χ1) is 8.69. The van der Waals surface area contributed by atoms with E-state index in [4.69, 9.17) is 5.73 Å². The number of halogens is 2. The van der Waals surface area contributed by atoms with Gasteiger partial charge in [-0.3, -0.25) is 0 Å². The van der Waals surface area contributed by atoms with Gasteiger partial charge in [0.1, 0.15) is 11.6 Å². The van der Waals surface area contributed by atoms with Gasteiger partial charge in [0.25, 0.3) is 0 Å². The smallest absolute Gasteiger partial charge is 0.129 e. The second-order valence-corrected chi connectivity index (χ2v) is 4.27. The molecule has 0 aliphatic carbocycles. The van der Waals surface area contributed by atoms with Crippen LogP contribution in [0.1, 0.15) is 16.7 Å². The Bertz CT molecular complexity index is 521. The van der Waals surface area contributed by atoms with Gasteiger partial charge >= 0.3 is 0 Å². The highest BCUT2D eigenvalue weighted by molar-refractivity contribution is 5.29. The second kappa shape index (κ2) is 5.74. The number of rotatable bonds is 4. The zero-order valence-corrected chi connectivity index (χ0v) is 10.00. The third-order valence-corrected chi connectivity index (χ3v) is 2.87. The first-order valence-corrected chi connectivity index (χ1v) is 5.91. The number of benzene rings is 2. The standard InChI is InChI=1S/C15H15F2N/c16-14-6-5-13(15(17)10-14)9-12-3-1-11(2-4-12)7-8-18/h1-6,10H,7-9,18H2. The largest absolute Gasteiger partial charge is 0.330 e. The predicted octanol–water partition coefficient (Wildman–Crippen LogP) is 3.06. The van der Waals surface area contributed by atoms with E-state index < -0.39 is 11.6 Å². The predicted molar refractivity (Wildman–Crippen MR) is 68.4 cm³/mol. The van der Waals surface area contributed by atoms with Crippen LogP contribution in [0.15, 0.2) is 42.5 Å². The van der Waals surface area contributed by atoms with Crippen LogP contribution < -0.4 is 5.73 Å². The van der Waals surface area contributed by atoms with Gasteiger partial charge in [0.2, 0.25) is 0 Å². The van der Waals surface area contributed by atoms with Crippen molar-refractivity contribution in [1.82, 2.24) is 0 Å². The first kappa shape index (κ1) is 12.7. The molecule has 0 heterocycles. The lowest BCUT2D eigenvalue weighted by Crippen LogP contribution is -2.02. The molecule has 0 aliphatic rings. The van der Waals surface area contributed by atoms with Crippen molar-refractivity contribution in [3.63, 3.8) is 0 Å². The Labute approximate surface area is 105 Å². The monoisotopic (exact) mass is 247 g/mol. The van der Waals surface area contributed by atoms with Crippen LogP contribution in [0.4, 0.5) is 8.78 Å². The molecule has 94 valence electrons. The first-order valence-electron chi connectivity index (χ1n) is 5.91. The van der Waals surface area contributed by atoms with E-state index in [2.05, 4.69) is 0 Å².